The van der Waals surface area contributed by atoms with Crippen LogP contribution in [-0.4, -0.2) is 26.7 Å². The van der Waals surface area contributed by atoms with E-state index in [1.54, 1.807) is 24.3 Å². The van der Waals surface area contributed by atoms with E-state index in [0.29, 0.717) is 5.69 Å². The van der Waals surface area contributed by atoms with Crippen molar-refractivity contribution < 1.29 is 25.8 Å². The van der Waals surface area contributed by atoms with Crippen LogP contribution in [0.1, 0.15) is 12.5 Å². The molecule has 0 radical (unpaired) electrons. The second-order valence-corrected chi connectivity index (χ2v) is 6.03. The maximum absolute atomic E-state index is 12.4. The molecule has 20 heavy (non-hydrogen) atoms. The Labute approximate surface area is 114 Å². The molecule has 0 aliphatic carbocycles. The summed E-state index contributed by atoms with van der Waals surface area (Å²) in [4.78, 5) is 1.34. The molecule has 4 nitrogen and oxygen atoms in total. The van der Waals surface area contributed by atoms with Crippen molar-refractivity contribution in [1.82, 2.24) is 0 Å². The number of hydrogen-bond donors (Lipinski definition) is 0. The third-order valence-electron chi connectivity index (χ3n) is 3.10. The molecule has 0 aromatic heterocycles. The Kier molecular flexibility index (Phi) is 3.34. The van der Waals surface area contributed by atoms with Crippen molar-refractivity contribution in [2.24, 2.45) is 0 Å². The fraction of sp³-hybridized carbons (Fsp3) is 0.333. The number of para-hydroxylation sites is 1. The molecule has 0 spiro atoms. The van der Waals surface area contributed by atoms with E-state index < -0.39 is 21.4 Å². The minimum absolute atomic E-state index is 0.579. The van der Waals surface area contributed by atoms with E-state index in [4.69, 9.17) is 0 Å². The van der Waals surface area contributed by atoms with E-state index in [0.717, 1.165) is 5.56 Å². The third kappa shape index (κ3) is 2.40. The molecule has 0 bridgehead atoms. The molecule has 0 fully saturated rings. The summed E-state index contributed by atoms with van der Waals surface area (Å²) in [6, 6.07) is 6.90. The van der Waals surface area contributed by atoms with Crippen molar-refractivity contribution in [2.75, 3.05) is 11.9 Å². The lowest BCUT2D eigenvalue weighted by atomic mass is 10.0. The fourth-order valence-electron chi connectivity index (χ4n) is 1.88. The smallest absolute Gasteiger partial charge is 0.342 e. The van der Waals surface area contributed by atoms with Gasteiger partial charge < -0.3 is 4.90 Å². The fourth-order valence-corrected chi connectivity index (χ4v) is 2.59. The van der Waals surface area contributed by atoms with Gasteiger partial charge in [-0.1, -0.05) is 24.3 Å². The summed E-state index contributed by atoms with van der Waals surface area (Å²) in [6.07, 6.45) is 2.81. The minimum Gasteiger partial charge on any atom is -0.342 e. The lowest BCUT2D eigenvalue weighted by molar-refractivity contribution is -0.0604. The van der Waals surface area contributed by atoms with Gasteiger partial charge in [-0.15, -0.1) is 0 Å². The van der Waals surface area contributed by atoms with Crippen LogP contribution in [0.5, 0.6) is 0 Å². The van der Waals surface area contributed by atoms with Crippen LogP contribution in [0.3, 0.4) is 0 Å². The highest BCUT2D eigenvalue weighted by molar-refractivity contribution is 7.87. The molecule has 2 rings (SSSR count). The maximum atomic E-state index is 12.4. The first-order valence-electron chi connectivity index (χ1n) is 5.61. The minimum atomic E-state index is -5.68. The van der Waals surface area contributed by atoms with E-state index in [1.807, 2.05) is 0 Å². The SMILES string of the molecule is CN1c2ccccc2C=CC1(C)OS(=O)(=O)C(F)(F)F. The summed E-state index contributed by atoms with van der Waals surface area (Å²) in [5.74, 6) is 0. The molecule has 1 atom stereocenters. The lowest BCUT2D eigenvalue weighted by Crippen LogP contribution is -2.49. The van der Waals surface area contributed by atoms with E-state index >= 15 is 0 Å². The number of rotatable bonds is 2. The van der Waals surface area contributed by atoms with Gasteiger partial charge in [-0.05, 0) is 24.6 Å². The summed E-state index contributed by atoms with van der Waals surface area (Å²) in [7, 11) is -4.22. The molecule has 0 saturated heterocycles. The Bertz CT molecular complexity index is 654. The van der Waals surface area contributed by atoms with Gasteiger partial charge in [-0.2, -0.15) is 21.6 Å². The molecule has 1 aliphatic rings. The summed E-state index contributed by atoms with van der Waals surface area (Å²) < 4.78 is 64.0. The van der Waals surface area contributed by atoms with Crippen LogP contribution < -0.4 is 4.90 Å². The Hall–Kier alpha value is -1.54. The number of anilines is 1. The lowest BCUT2D eigenvalue weighted by Gasteiger charge is -2.40. The average molecular weight is 307 g/mol. The van der Waals surface area contributed by atoms with Gasteiger partial charge in [-0.25, -0.2) is 4.18 Å². The Morgan fingerprint density at radius 1 is 1.25 bits per heavy atom. The van der Waals surface area contributed by atoms with E-state index in [2.05, 4.69) is 4.18 Å². The number of halogens is 3. The molecule has 1 aromatic carbocycles. The van der Waals surface area contributed by atoms with Gasteiger partial charge in [-0.3, -0.25) is 0 Å². The van der Waals surface area contributed by atoms with Gasteiger partial charge in [0.15, 0.2) is 5.72 Å². The second kappa shape index (κ2) is 4.49. The number of hydrogen-bond acceptors (Lipinski definition) is 4. The van der Waals surface area contributed by atoms with Crippen molar-refractivity contribution in [1.29, 1.82) is 0 Å². The Morgan fingerprint density at radius 3 is 2.45 bits per heavy atom. The number of nitrogens with zero attached hydrogens (tertiary/aromatic N) is 1. The number of fused-ring (bicyclic) bond motifs is 1. The highest BCUT2D eigenvalue weighted by atomic mass is 32.2. The first-order valence-corrected chi connectivity index (χ1v) is 7.02. The number of benzene rings is 1. The van der Waals surface area contributed by atoms with Crippen molar-refractivity contribution in [3.63, 3.8) is 0 Å². The third-order valence-corrected chi connectivity index (χ3v) is 4.22. The van der Waals surface area contributed by atoms with Crippen LogP contribution in [0.25, 0.3) is 6.08 Å². The first kappa shape index (κ1) is 14.9. The van der Waals surface area contributed by atoms with E-state index in [9.17, 15) is 21.6 Å². The van der Waals surface area contributed by atoms with Gasteiger partial charge in [0.2, 0.25) is 0 Å². The zero-order valence-electron chi connectivity index (χ0n) is 10.7. The van der Waals surface area contributed by atoms with Crippen LogP contribution in [0.4, 0.5) is 18.9 Å². The topological polar surface area (TPSA) is 46.6 Å². The molecule has 1 aromatic rings. The van der Waals surface area contributed by atoms with Crippen molar-refractivity contribution in [2.45, 2.75) is 18.2 Å². The molecule has 8 heteroatoms. The van der Waals surface area contributed by atoms with Crippen molar-refractivity contribution in [3.05, 3.63) is 35.9 Å². The summed E-state index contributed by atoms with van der Waals surface area (Å²) in [5, 5.41) is 0. The normalized spacial score (nSPS) is 22.8. The molecule has 1 unspecified atom stereocenters. The van der Waals surface area contributed by atoms with Gasteiger partial charge in [0.05, 0.1) is 0 Å². The first-order chi connectivity index (χ1) is 9.07. The van der Waals surface area contributed by atoms with Gasteiger partial charge in [0.25, 0.3) is 0 Å². The van der Waals surface area contributed by atoms with Crippen LogP contribution in [0.2, 0.25) is 0 Å². The van der Waals surface area contributed by atoms with Crippen molar-refractivity contribution in [3.8, 4) is 0 Å². The second-order valence-electron chi connectivity index (χ2n) is 4.49. The van der Waals surface area contributed by atoms with Crippen LogP contribution >= 0.6 is 0 Å². The zero-order chi connectivity index (χ0) is 15.2. The van der Waals surface area contributed by atoms with Crippen molar-refractivity contribution >= 4 is 21.9 Å². The zero-order valence-corrected chi connectivity index (χ0v) is 11.5. The molecule has 0 saturated carbocycles. The van der Waals surface area contributed by atoms with Gasteiger partial charge >= 0.3 is 15.6 Å². The van der Waals surface area contributed by atoms with Gasteiger partial charge in [0, 0.05) is 12.7 Å². The quantitative estimate of drug-likeness (QED) is 0.622. The Morgan fingerprint density at radius 2 is 1.85 bits per heavy atom. The monoisotopic (exact) mass is 307 g/mol. The predicted octanol–water partition coefficient (Wildman–Crippen LogP) is 2.73. The van der Waals surface area contributed by atoms with E-state index in [1.165, 1.54) is 31.0 Å². The van der Waals surface area contributed by atoms with Crippen LogP contribution in [0.15, 0.2) is 30.3 Å². The molecule has 1 heterocycles. The summed E-state index contributed by atoms with van der Waals surface area (Å²) >= 11 is 0. The molecule has 0 amide bonds. The van der Waals surface area contributed by atoms with Gasteiger partial charge in [0.1, 0.15) is 0 Å². The Balaban J connectivity index is 2.40. The standard InChI is InChI=1S/C12H12F3NO3S/c1-11(19-20(17,18)12(13,14)15)8-7-9-5-3-4-6-10(9)16(11)2/h3-8H,1-2H3. The van der Waals surface area contributed by atoms with Crippen LogP contribution in [-0.2, 0) is 14.3 Å². The van der Waals surface area contributed by atoms with E-state index in [-0.39, 0.29) is 0 Å². The van der Waals surface area contributed by atoms with Crippen LogP contribution in [0, 0.1) is 0 Å². The highest BCUT2D eigenvalue weighted by Gasteiger charge is 2.52. The maximum Gasteiger partial charge on any atom is 0.523 e. The molecule has 110 valence electrons. The largest absolute Gasteiger partial charge is 0.523 e. The number of likely N-dealkylation sites (N-methyl/N-ethyl adjacent to an activating group) is 1. The predicted molar refractivity (Wildman–Crippen MR) is 68.3 cm³/mol. The molecular formula is C12H12F3NO3S. The molecule has 0 N–H and O–H groups in total. The molecular weight excluding hydrogens is 295 g/mol. The average Bonchev–Trinajstić information content (AvgIpc) is 2.33. The molecule has 1 aliphatic heterocycles. The summed E-state index contributed by atoms with van der Waals surface area (Å²) in [6.45, 7) is 1.25. The summed E-state index contributed by atoms with van der Waals surface area (Å²) in [5.41, 5.74) is -5.85. The highest BCUT2D eigenvalue weighted by Crippen LogP contribution is 2.37. The number of alkyl halides is 3.